The van der Waals surface area contributed by atoms with Gasteiger partial charge in [-0.3, -0.25) is 9.78 Å². The van der Waals surface area contributed by atoms with Gasteiger partial charge in [0, 0.05) is 11.1 Å². The number of aromatic nitrogens is 1. The molecular formula is C12H9F3N2O. The third-order valence-corrected chi connectivity index (χ3v) is 2.53. The van der Waals surface area contributed by atoms with Crippen LogP contribution in [-0.2, 0) is 6.18 Å². The maximum Gasteiger partial charge on any atom is 0.417 e. The summed E-state index contributed by atoms with van der Waals surface area (Å²) in [6, 6.07) is 4.85. The number of nitrogens with zero attached hydrogens (tertiary/aromatic N) is 1. The molecule has 1 amide bonds. The lowest BCUT2D eigenvalue weighted by molar-refractivity contribution is -0.136. The number of carbonyl (C=O) groups excluding carboxylic acids is 1. The molecule has 0 bridgehead atoms. The van der Waals surface area contributed by atoms with Crippen LogP contribution in [0, 0.1) is 6.92 Å². The Kier molecular flexibility index (Phi) is 2.73. The van der Waals surface area contributed by atoms with Crippen molar-refractivity contribution in [2.75, 3.05) is 0 Å². The summed E-state index contributed by atoms with van der Waals surface area (Å²) >= 11 is 0. The maximum absolute atomic E-state index is 12.9. The Hall–Kier alpha value is -2.11. The summed E-state index contributed by atoms with van der Waals surface area (Å²) in [5.41, 5.74) is 4.61. The average Bonchev–Trinajstić information content (AvgIpc) is 2.25. The van der Waals surface area contributed by atoms with Crippen molar-refractivity contribution in [3.05, 3.63) is 41.1 Å². The number of amides is 1. The number of rotatable bonds is 1. The lowest BCUT2D eigenvalue weighted by atomic mass is 10.0. The molecule has 0 aliphatic carbocycles. The van der Waals surface area contributed by atoms with Crippen molar-refractivity contribution < 1.29 is 18.0 Å². The number of halogens is 3. The Bertz CT molecular complexity index is 635. The van der Waals surface area contributed by atoms with Crippen LogP contribution in [-0.4, -0.2) is 10.9 Å². The molecule has 2 rings (SSSR count). The molecule has 0 aliphatic heterocycles. The lowest BCUT2D eigenvalue weighted by Crippen LogP contribution is -2.15. The summed E-state index contributed by atoms with van der Waals surface area (Å²) in [5, 5.41) is -0.247. The highest BCUT2D eigenvalue weighted by Gasteiger charge is 2.34. The van der Waals surface area contributed by atoms with Crippen molar-refractivity contribution in [1.29, 1.82) is 0 Å². The van der Waals surface area contributed by atoms with Crippen LogP contribution in [0.5, 0.6) is 0 Å². The van der Waals surface area contributed by atoms with E-state index in [1.165, 1.54) is 18.2 Å². The third-order valence-electron chi connectivity index (χ3n) is 2.53. The monoisotopic (exact) mass is 254 g/mol. The molecule has 0 unspecified atom stereocenters. The zero-order valence-corrected chi connectivity index (χ0v) is 9.38. The predicted molar refractivity (Wildman–Crippen MR) is 60.0 cm³/mol. The summed E-state index contributed by atoms with van der Waals surface area (Å²) < 4.78 is 38.6. The number of fused-ring (bicyclic) bond motifs is 1. The first-order valence-electron chi connectivity index (χ1n) is 5.08. The molecule has 2 aromatic rings. The van der Waals surface area contributed by atoms with E-state index in [4.69, 9.17) is 5.73 Å². The molecule has 0 saturated carbocycles. The van der Waals surface area contributed by atoms with E-state index in [-0.39, 0.29) is 16.5 Å². The molecule has 0 aliphatic rings. The number of carbonyl (C=O) groups is 1. The molecule has 2 N–H and O–H groups in total. The highest BCUT2D eigenvalue weighted by atomic mass is 19.4. The van der Waals surface area contributed by atoms with Crippen LogP contribution >= 0.6 is 0 Å². The smallest absolute Gasteiger partial charge is 0.366 e. The maximum atomic E-state index is 12.9. The van der Waals surface area contributed by atoms with Crippen molar-refractivity contribution >= 4 is 16.8 Å². The Morgan fingerprint density at radius 1 is 1.33 bits per heavy atom. The molecule has 0 saturated heterocycles. The minimum absolute atomic E-state index is 0.110. The summed E-state index contributed by atoms with van der Waals surface area (Å²) in [4.78, 5) is 15.3. The zero-order valence-electron chi connectivity index (χ0n) is 9.38. The second-order valence-corrected chi connectivity index (χ2v) is 3.87. The third kappa shape index (κ3) is 2.01. The van der Waals surface area contributed by atoms with Crippen LogP contribution in [0.4, 0.5) is 13.2 Å². The second-order valence-electron chi connectivity index (χ2n) is 3.87. The van der Waals surface area contributed by atoms with Gasteiger partial charge in [-0.25, -0.2) is 0 Å². The Balaban J connectivity index is 2.95. The zero-order chi connectivity index (χ0) is 13.5. The molecule has 18 heavy (non-hydrogen) atoms. The number of alkyl halides is 3. The van der Waals surface area contributed by atoms with Crippen LogP contribution in [0.1, 0.15) is 21.6 Å². The van der Waals surface area contributed by atoms with Crippen LogP contribution in [0.3, 0.4) is 0 Å². The number of hydrogen-bond acceptors (Lipinski definition) is 2. The van der Waals surface area contributed by atoms with Crippen molar-refractivity contribution in [2.24, 2.45) is 5.73 Å². The first-order chi connectivity index (χ1) is 8.30. The second kappa shape index (κ2) is 3.97. The summed E-state index contributed by atoms with van der Waals surface area (Å²) in [7, 11) is 0. The fourth-order valence-corrected chi connectivity index (χ4v) is 1.85. The number of pyridine rings is 1. The highest BCUT2D eigenvalue weighted by Crippen LogP contribution is 2.35. The molecule has 0 fully saturated rings. The van der Waals surface area contributed by atoms with E-state index in [1.54, 1.807) is 6.92 Å². The number of nitrogens with two attached hydrogens (primary N) is 1. The van der Waals surface area contributed by atoms with Gasteiger partial charge < -0.3 is 5.73 Å². The van der Waals surface area contributed by atoms with E-state index in [0.717, 1.165) is 6.07 Å². The minimum atomic E-state index is -4.55. The molecular weight excluding hydrogens is 245 g/mol. The van der Waals surface area contributed by atoms with E-state index in [0.29, 0.717) is 5.69 Å². The minimum Gasteiger partial charge on any atom is -0.366 e. The van der Waals surface area contributed by atoms with E-state index in [2.05, 4.69) is 4.98 Å². The quantitative estimate of drug-likeness (QED) is 0.850. The first kappa shape index (κ1) is 12.3. The first-order valence-corrected chi connectivity index (χ1v) is 5.08. The van der Waals surface area contributed by atoms with Gasteiger partial charge >= 0.3 is 6.18 Å². The molecule has 3 nitrogen and oxygen atoms in total. The molecule has 1 aromatic carbocycles. The van der Waals surface area contributed by atoms with Crippen molar-refractivity contribution in [2.45, 2.75) is 13.1 Å². The summed E-state index contributed by atoms with van der Waals surface area (Å²) in [5.74, 6) is -0.901. The Morgan fingerprint density at radius 3 is 2.56 bits per heavy atom. The van der Waals surface area contributed by atoms with Gasteiger partial charge in [-0.1, -0.05) is 6.07 Å². The van der Waals surface area contributed by atoms with Crippen LogP contribution in [0.25, 0.3) is 10.9 Å². The largest absolute Gasteiger partial charge is 0.417 e. The van der Waals surface area contributed by atoms with Crippen molar-refractivity contribution in [3.8, 4) is 0 Å². The molecule has 1 aromatic heterocycles. The van der Waals surface area contributed by atoms with Gasteiger partial charge in [0.05, 0.1) is 16.6 Å². The lowest BCUT2D eigenvalue weighted by Gasteiger charge is -2.12. The summed E-state index contributed by atoms with van der Waals surface area (Å²) in [6.07, 6.45) is -4.55. The molecule has 0 atom stereocenters. The topological polar surface area (TPSA) is 56.0 Å². The molecule has 94 valence electrons. The molecule has 0 spiro atoms. The van der Waals surface area contributed by atoms with E-state index in [9.17, 15) is 18.0 Å². The van der Waals surface area contributed by atoms with Gasteiger partial charge in [0.2, 0.25) is 5.91 Å². The van der Waals surface area contributed by atoms with Crippen molar-refractivity contribution in [3.63, 3.8) is 0 Å². The van der Waals surface area contributed by atoms with Gasteiger partial charge in [0.15, 0.2) is 0 Å². The van der Waals surface area contributed by atoms with E-state index in [1.807, 2.05) is 0 Å². The Morgan fingerprint density at radius 2 is 2.00 bits per heavy atom. The van der Waals surface area contributed by atoms with Crippen LogP contribution in [0.2, 0.25) is 0 Å². The van der Waals surface area contributed by atoms with E-state index < -0.39 is 17.6 Å². The average molecular weight is 254 g/mol. The number of benzene rings is 1. The van der Waals surface area contributed by atoms with Gasteiger partial charge in [-0.2, -0.15) is 13.2 Å². The number of primary amides is 1. The van der Waals surface area contributed by atoms with Crippen LogP contribution in [0.15, 0.2) is 24.3 Å². The van der Waals surface area contributed by atoms with Gasteiger partial charge in [-0.05, 0) is 25.1 Å². The van der Waals surface area contributed by atoms with E-state index >= 15 is 0 Å². The number of aryl methyl sites for hydroxylation is 1. The SMILES string of the molecule is Cc1cc(C(N)=O)c2c(C(F)(F)F)cccc2n1. The van der Waals surface area contributed by atoms with Gasteiger partial charge in [0.25, 0.3) is 0 Å². The molecule has 6 heteroatoms. The molecule has 1 heterocycles. The highest BCUT2D eigenvalue weighted by molar-refractivity contribution is 6.06. The summed E-state index contributed by atoms with van der Waals surface area (Å²) in [6.45, 7) is 1.59. The van der Waals surface area contributed by atoms with Gasteiger partial charge in [0.1, 0.15) is 0 Å². The van der Waals surface area contributed by atoms with Gasteiger partial charge in [-0.15, -0.1) is 0 Å². The standard InChI is InChI=1S/C12H9F3N2O/c1-6-5-7(11(16)18)10-8(12(13,14)15)3-2-4-9(10)17-6/h2-5H,1H3,(H2,16,18). The number of hydrogen-bond donors (Lipinski definition) is 1. The molecule has 0 radical (unpaired) electrons. The normalized spacial score (nSPS) is 11.8. The fourth-order valence-electron chi connectivity index (χ4n) is 1.85. The predicted octanol–water partition coefficient (Wildman–Crippen LogP) is 2.66. The van der Waals surface area contributed by atoms with Crippen molar-refractivity contribution in [1.82, 2.24) is 4.98 Å². The van der Waals surface area contributed by atoms with Crippen LogP contribution < -0.4 is 5.73 Å². The Labute approximate surface area is 100 Å². The fraction of sp³-hybridized carbons (Fsp3) is 0.167.